The molecule has 4 aromatic rings. The van der Waals surface area contributed by atoms with E-state index in [1.165, 1.54) is 0 Å². The van der Waals surface area contributed by atoms with Crippen LogP contribution in [-0.2, 0) is 5.60 Å². The summed E-state index contributed by atoms with van der Waals surface area (Å²) in [7, 11) is 4.05. The Hall–Kier alpha value is -3.29. The van der Waals surface area contributed by atoms with Crippen molar-refractivity contribution in [3.8, 4) is 11.3 Å². The fraction of sp³-hybridized carbons (Fsp3) is 0.292. The maximum atomic E-state index is 11.7. The molecule has 158 valence electrons. The normalized spacial score (nSPS) is 21.7. The smallest absolute Gasteiger partial charge is 0.200 e. The van der Waals surface area contributed by atoms with Crippen molar-refractivity contribution in [1.29, 1.82) is 0 Å². The number of hydrogen-bond donors (Lipinski definition) is 1. The molecule has 0 saturated carbocycles. The quantitative estimate of drug-likeness (QED) is 0.554. The first-order chi connectivity index (χ1) is 15.1. The number of rotatable bonds is 4. The van der Waals surface area contributed by atoms with Gasteiger partial charge in [0.25, 0.3) is 0 Å². The maximum absolute atomic E-state index is 11.7. The number of anilines is 1. The van der Waals surface area contributed by atoms with E-state index in [0.717, 1.165) is 28.2 Å². The molecule has 7 heteroatoms. The molecule has 1 aliphatic rings. The van der Waals surface area contributed by atoms with Crippen LogP contribution >= 0.6 is 0 Å². The number of aromatic nitrogens is 4. The summed E-state index contributed by atoms with van der Waals surface area (Å²) in [4.78, 5) is 4.40. The van der Waals surface area contributed by atoms with E-state index in [2.05, 4.69) is 38.2 Å². The van der Waals surface area contributed by atoms with E-state index in [1.807, 2.05) is 62.6 Å². The van der Waals surface area contributed by atoms with Gasteiger partial charge in [-0.25, -0.2) is 0 Å². The number of likely N-dealkylation sites (N-methyl/N-ethyl adjacent to an activating group) is 1. The molecule has 2 atom stereocenters. The number of piperidine rings is 1. The predicted molar refractivity (Wildman–Crippen MR) is 121 cm³/mol. The number of fused-ring (bicyclic) bond motifs is 1. The largest absolute Gasteiger partial charge is 0.383 e. The molecule has 31 heavy (non-hydrogen) atoms. The lowest BCUT2D eigenvalue weighted by Gasteiger charge is -2.48. The van der Waals surface area contributed by atoms with Gasteiger partial charge in [-0.1, -0.05) is 60.7 Å². The van der Waals surface area contributed by atoms with Crippen LogP contribution in [-0.4, -0.2) is 63.0 Å². The first-order valence-electron chi connectivity index (χ1n) is 10.5. The third-order valence-electron chi connectivity index (χ3n) is 6.26. The summed E-state index contributed by atoms with van der Waals surface area (Å²) in [5, 5.41) is 24.8. The molecule has 0 unspecified atom stereocenters. The van der Waals surface area contributed by atoms with Gasteiger partial charge in [-0.3, -0.25) is 0 Å². The Kier molecular flexibility index (Phi) is 4.92. The van der Waals surface area contributed by atoms with Crippen molar-refractivity contribution in [2.45, 2.75) is 18.1 Å². The predicted octanol–water partition coefficient (Wildman–Crippen LogP) is 2.82. The van der Waals surface area contributed by atoms with Crippen molar-refractivity contribution in [1.82, 2.24) is 24.7 Å². The lowest BCUT2D eigenvalue weighted by molar-refractivity contribution is -0.0526. The van der Waals surface area contributed by atoms with E-state index in [-0.39, 0.29) is 6.04 Å². The molecule has 1 saturated heterocycles. The van der Waals surface area contributed by atoms with Gasteiger partial charge in [-0.05, 0) is 32.1 Å². The lowest BCUT2D eigenvalue weighted by atomic mass is 9.79. The summed E-state index contributed by atoms with van der Waals surface area (Å²) < 4.78 is 1.74. The van der Waals surface area contributed by atoms with Crippen molar-refractivity contribution in [3.63, 3.8) is 0 Å². The Labute approximate surface area is 181 Å². The van der Waals surface area contributed by atoms with Crippen LogP contribution in [0.15, 0.2) is 73.1 Å². The van der Waals surface area contributed by atoms with Crippen LogP contribution in [0, 0.1) is 0 Å². The molecule has 7 nitrogen and oxygen atoms in total. The van der Waals surface area contributed by atoms with Gasteiger partial charge >= 0.3 is 0 Å². The summed E-state index contributed by atoms with van der Waals surface area (Å²) in [6.45, 7) is 1.37. The van der Waals surface area contributed by atoms with E-state index >= 15 is 0 Å². The third-order valence-corrected chi connectivity index (χ3v) is 6.26. The highest BCUT2D eigenvalue weighted by Crippen LogP contribution is 2.38. The highest BCUT2D eigenvalue weighted by Gasteiger charge is 2.44. The number of hydrogen-bond acceptors (Lipinski definition) is 6. The van der Waals surface area contributed by atoms with Gasteiger partial charge in [-0.15, -0.1) is 10.2 Å². The highest BCUT2D eigenvalue weighted by atomic mass is 16.3. The molecule has 2 aromatic heterocycles. The maximum Gasteiger partial charge on any atom is 0.200 e. The molecule has 1 N–H and O–H groups in total. The zero-order valence-electron chi connectivity index (χ0n) is 17.8. The average molecular weight is 415 g/mol. The SMILES string of the molecule is CN(C)[C@@H]1CN(c2cc(-c3ccccc3)nn3cnnc23)CC[C@]1(O)c1ccccc1. The zero-order valence-corrected chi connectivity index (χ0v) is 17.8. The van der Waals surface area contributed by atoms with Crippen molar-refractivity contribution in [2.75, 3.05) is 32.1 Å². The lowest BCUT2D eigenvalue weighted by Crippen LogP contribution is -2.59. The van der Waals surface area contributed by atoms with Gasteiger partial charge in [0.15, 0.2) is 0 Å². The third kappa shape index (κ3) is 3.45. The van der Waals surface area contributed by atoms with Crippen LogP contribution in [0.25, 0.3) is 16.9 Å². The standard InChI is InChI=1S/C24H26N6O/c1-28(2)22-16-29(14-13-24(22,31)19-11-7-4-8-12-19)21-15-20(18-9-5-3-6-10-18)27-30-17-25-26-23(21)30/h3-12,15,17,22,31H,13-14,16H2,1-2H3/t22-,24+/m1/s1. The fourth-order valence-electron chi connectivity index (χ4n) is 4.59. The minimum Gasteiger partial charge on any atom is -0.383 e. The van der Waals surface area contributed by atoms with Crippen LogP contribution in [0.4, 0.5) is 5.69 Å². The second-order valence-electron chi connectivity index (χ2n) is 8.35. The summed E-state index contributed by atoms with van der Waals surface area (Å²) in [6.07, 6.45) is 2.25. The molecular weight excluding hydrogens is 388 g/mol. The monoisotopic (exact) mass is 414 g/mol. The molecule has 0 amide bonds. The molecule has 1 aliphatic heterocycles. The molecular formula is C24H26N6O. The molecule has 0 spiro atoms. The minimum atomic E-state index is -0.916. The number of aliphatic hydroxyl groups is 1. The number of benzene rings is 2. The first kappa shape index (κ1) is 19.7. The van der Waals surface area contributed by atoms with Crippen molar-refractivity contribution < 1.29 is 5.11 Å². The number of nitrogens with zero attached hydrogens (tertiary/aromatic N) is 6. The minimum absolute atomic E-state index is 0.0834. The molecule has 0 aliphatic carbocycles. The highest BCUT2D eigenvalue weighted by molar-refractivity contribution is 5.74. The van der Waals surface area contributed by atoms with Gasteiger partial charge in [0, 0.05) is 18.7 Å². The van der Waals surface area contributed by atoms with Gasteiger partial charge in [0.1, 0.15) is 11.9 Å². The van der Waals surface area contributed by atoms with E-state index in [0.29, 0.717) is 19.5 Å². The summed E-state index contributed by atoms with van der Waals surface area (Å²) in [5.41, 5.74) is 3.66. The van der Waals surface area contributed by atoms with Gasteiger partial charge in [-0.2, -0.15) is 9.61 Å². The Morgan fingerprint density at radius 2 is 1.74 bits per heavy atom. The summed E-state index contributed by atoms with van der Waals surface area (Å²) >= 11 is 0. The Bertz CT molecular complexity index is 1180. The van der Waals surface area contributed by atoms with Crippen LogP contribution in [0.5, 0.6) is 0 Å². The van der Waals surface area contributed by atoms with E-state index < -0.39 is 5.60 Å². The fourth-order valence-corrected chi connectivity index (χ4v) is 4.59. The molecule has 0 bridgehead atoms. The van der Waals surface area contributed by atoms with Crippen molar-refractivity contribution >= 4 is 11.3 Å². The average Bonchev–Trinajstić information content (AvgIpc) is 3.29. The zero-order chi connectivity index (χ0) is 21.4. The Balaban J connectivity index is 1.55. The van der Waals surface area contributed by atoms with Crippen molar-refractivity contribution in [3.05, 3.63) is 78.6 Å². The van der Waals surface area contributed by atoms with Crippen LogP contribution in [0.3, 0.4) is 0 Å². The second kappa shape index (κ2) is 7.76. The van der Waals surface area contributed by atoms with E-state index in [4.69, 9.17) is 5.10 Å². The van der Waals surface area contributed by atoms with Gasteiger partial charge < -0.3 is 14.9 Å². The molecule has 5 rings (SSSR count). The topological polar surface area (TPSA) is 69.8 Å². The first-order valence-corrected chi connectivity index (χ1v) is 10.5. The Morgan fingerprint density at radius 1 is 1.03 bits per heavy atom. The van der Waals surface area contributed by atoms with Crippen LogP contribution in [0.1, 0.15) is 12.0 Å². The van der Waals surface area contributed by atoms with Gasteiger partial charge in [0.05, 0.1) is 17.4 Å². The molecule has 3 heterocycles. The molecule has 0 radical (unpaired) electrons. The van der Waals surface area contributed by atoms with Crippen LogP contribution in [0.2, 0.25) is 0 Å². The molecule has 2 aromatic carbocycles. The summed E-state index contributed by atoms with van der Waals surface area (Å²) in [5.74, 6) is 0. The van der Waals surface area contributed by atoms with Gasteiger partial charge in [0.2, 0.25) is 5.65 Å². The van der Waals surface area contributed by atoms with E-state index in [1.54, 1.807) is 10.8 Å². The van der Waals surface area contributed by atoms with Crippen molar-refractivity contribution in [2.24, 2.45) is 0 Å². The Morgan fingerprint density at radius 3 is 2.45 bits per heavy atom. The second-order valence-corrected chi connectivity index (χ2v) is 8.35. The van der Waals surface area contributed by atoms with Crippen LogP contribution < -0.4 is 4.90 Å². The molecule has 1 fully saturated rings. The summed E-state index contributed by atoms with van der Waals surface area (Å²) in [6, 6.07) is 22.1. The van der Waals surface area contributed by atoms with E-state index in [9.17, 15) is 5.11 Å².